The van der Waals surface area contributed by atoms with E-state index in [1.54, 1.807) is 0 Å². The predicted molar refractivity (Wildman–Crippen MR) is 109 cm³/mol. The average molecular weight is 377 g/mol. The van der Waals surface area contributed by atoms with Crippen molar-refractivity contribution in [3.05, 3.63) is 29.8 Å². The molecule has 5 nitrogen and oxygen atoms in total. The summed E-state index contributed by atoms with van der Waals surface area (Å²) in [6, 6.07) is 8.80. The highest BCUT2D eigenvalue weighted by atomic mass is 16.5. The molecule has 5 heteroatoms. The second-order valence-electron chi connectivity index (χ2n) is 8.16. The molecule has 0 radical (unpaired) electrons. The van der Waals surface area contributed by atoms with E-state index in [9.17, 15) is 0 Å². The van der Waals surface area contributed by atoms with Crippen LogP contribution in [0.3, 0.4) is 0 Å². The molecule has 0 aromatic heterocycles. The summed E-state index contributed by atoms with van der Waals surface area (Å²) >= 11 is 0. The Bertz CT molecular complexity index is 533. The zero-order valence-corrected chi connectivity index (χ0v) is 17.1. The summed E-state index contributed by atoms with van der Waals surface area (Å²) in [5, 5.41) is 0. The fourth-order valence-electron chi connectivity index (χ4n) is 4.31. The number of nitrogens with zero attached hydrogens (tertiary/aromatic N) is 2. The van der Waals surface area contributed by atoms with Gasteiger partial charge in [0.1, 0.15) is 5.75 Å². The number of rotatable bonds is 8. The third kappa shape index (κ3) is 6.18. The van der Waals surface area contributed by atoms with E-state index in [1.165, 1.54) is 5.56 Å². The molecule has 1 aromatic carbocycles. The van der Waals surface area contributed by atoms with Gasteiger partial charge in [0.25, 0.3) is 0 Å². The second-order valence-corrected chi connectivity index (χ2v) is 8.16. The largest absolute Gasteiger partial charge is 0.494 e. The third-order valence-corrected chi connectivity index (χ3v) is 5.74. The molecule has 0 aliphatic carbocycles. The van der Waals surface area contributed by atoms with E-state index >= 15 is 0 Å². The van der Waals surface area contributed by atoms with Crippen LogP contribution in [0, 0.1) is 0 Å². The molecule has 0 N–H and O–H groups in total. The number of hydrogen-bond donors (Lipinski definition) is 0. The van der Waals surface area contributed by atoms with Gasteiger partial charge in [-0.2, -0.15) is 0 Å². The van der Waals surface area contributed by atoms with Gasteiger partial charge in [0, 0.05) is 51.4 Å². The van der Waals surface area contributed by atoms with E-state index in [2.05, 4.69) is 48.2 Å². The Labute approximate surface area is 164 Å². The predicted octanol–water partition coefficient (Wildman–Crippen LogP) is 2.79. The van der Waals surface area contributed by atoms with Crippen LogP contribution < -0.4 is 4.74 Å². The lowest BCUT2D eigenvalue weighted by Gasteiger charge is -2.39. The highest BCUT2D eigenvalue weighted by Crippen LogP contribution is 2.36. The summed E-state index contributed by atoms with van der Waals surface area (Å²) in [4.78, 5) is 4.78. The van der Waals surface area contributed by atoms with Gasteiger partial charge in [-0.25, -0.2) is 0 Å². The van der Waals surface area contributed by atoms with Gasteiger partial charge in [-0.3, -0.25) is 0 Å². The van der Waals surface area contributed by atoms with Crippen LogP contribution in [0.15, 0.2) is 24.3 Å². The van der Waals surface area contributed by atoms with E-state index in [0.717, 1.165) is 90.6 Å². The molecule has 2 aliphatic rings. The van der Waals surface area contributed by atoms with Crippen molar-refractivity contribution in [3.8, 4) is 5.75 Å². The quantitative estimate of drug-likeness (QED) is 0.652. The molecule has 0 amide bonds. The van der Waals surface area contributed by atoms with Gasteiger partial charge in [0.15, 0.2) is 0 Å². The summed E-state index contributed by atoms with van der Waals surface area (Å²) in [5.74, 6) is 0.977. The minimum absolute atomic E-state index is 0.203. The Morgan fingerprint density at radius 2 is 1.74 bits per heavy atom. The number of hydrogen-bond acceptors (Lipinski definition) is 5. The van der Waals surface area contributed by atoms with Crippen molar-refractivity contribution in [1.82, 2.24) is 9.80 Å². The summed E-state index contributed by atoms with van der Waals surface area (Å²) in [7, 11) is 4.32. The van der Waals surface area contributed by atoms with Crippen LogP contribution in [0.2, 0.25) is 0 Å². The molecule has 0 atom stereocenters. The van der Waals surface area contributed by atoms with E-state index < -0.39 is 0 Å². The van der Waals surface area contributed by atoms with Crippen molar-refractivity contribution in [1.29, 1.82) is 0 Å². The summed E-state index contributed by atoms with van der Waals surface area (Å²) < 4.78 is 17.1. The lowest BCUT2D eigenvalue weighted by molar-refractivity contribution is 0.0401. The maximum Gasteiger partial charge on any atom is 0.119 e. The highest BCUT2D eigenvalue weighted by molar-refractivity contribution is 5.33. The van der Waals surface area contributed by atoms with Crippen LogP contribution in [0.4, 0.5) is 0 Å². The van der Waals surface area contributed by atoms with Crippen molar-refractivity contribution in [2.24, 2.45) is 0 Å². The number of likely N-dealkylation sites (N-methyl/N-ethyl adjacent to an activating group) is 1. The molecule has 2 aliphatic heterocycles. The van der Waals surface area contributed by atoms with Gasteiger partial charge in [-0.15, -0.1) is 0 Å². The molecule has 2 fully saturated rings. The maximum atomic E-state index is 5.99. The highest BCUT2D eigenvalue weighted by Gasteiger charge is 2.34. The molecular weight excluding hydrogens is 340 g/mol. The zero-order valence-electron chi connectivity index (χ0n) is 17.1. The standard InChI is InChI=1S/C22H36N2O3/c1-23(2)19-22(9-16-26-17-10-22)20-5-7-21(8-6-20)27-15-4-12-24-11-3-14-25-18-13-24/h5-8H,3-4,9-19H2,1-2H3. The van der Waals surface area contributed by atoms with E-state index in [1.807, 2.05) is 0 Å². The smallest absolute Gasteiger partial charge is 0.119 e. The summed E-state index contributed by atoms with van der Waals surface area (Å²) in [5.41, 5.74) is 1.62. The van der Waals surface area contributed by atoms with Gasteiger partial charge < -0.3 is 24.0 Å². The number of benzene rings is 1. The first-order valence-corrected chi connectivity index (χ1v) is 10.4. The van der Waals surface area contributed by atoms with Crippen LogP contribution >= 0.6 is 0 Å². The fraction of sp³-hybridized carbons (Fsp3) is 0.727. The average Bonchev–Trinajstić information content (AvgIpc) is 2.95. The van der Waals surface area contributed by atoms with Crippen LogP contribution in [0.1, 0.15) is 31.2 Å². The van der Waals surface area contributed by atoms with E-state index in [-0.39, 0.29) is 5.41 Å². The Kier molecular flexibility index (Phi) is 7.94. The van der Waals surface area contributed by atoms with Crippen molar-refractivity contribution < 1.29 is 14.2 Å². The molecule has 0 saturated carbocycles. The van der Waals surface area contributed by atoms with Crippen LogP contribution in [0.25, 0.3) is 0 Å². The SMILES string of the molecule is CN(C)CC1(c2ccc(OCCCN3CCCOCC3)cc2)CCOCC1. The minimum Gasteiger partial charge on any atom is -0.494 e. The first-order chi connectivity index (χ1) is 13.2. The minimum atomic E-state index is 0.203. The lowest BCUT2D eigenvalue weighted by Crippen LogP contribution is -2.42. The van der Waals surface area contributed by atoms with Crippen molar-refractivity contribution in [2.45, 2.75) is 31.1 Å². The molecule has 2 heterocycles. The third-order valence-electron chi connectivity index (χ3n) is 5.74. The monoisotopic (exact) mass is 376 g/mol. The molecule has 152 valence electrons. The molecule has 2 saturated heterocycles. The van der Waals surface area contributed by atoms with Crippen molar-refractivity contribution >= 4 is 0 Å². The topological polar surface area (TPSA) is 34.2 Å². The van der Waals surface area contributed by atoms with Gasteiger partial charge in [-0.05, 0) is 57.5 Å². The van der Waals surface area contributed by atoms with Crippen LogP contribution in [-0.4, -0.2) is 83.1 Å². The van der Waals surface area contributed by atoms with Crippen molar-refractivity contribution in [3.63, 3.8) is 0 Å². The van der Waals surface area contributed by atoms with Gasteiger partial charge in [-0.1, -0.05) is 12.1 Å². The first-order valence-electron chi connectivity index (χ1n) is 10.4. The zero-order chi connectivity index (χ0) is 19.0. The lowest BCUT2D eigenvalue weighted by atomic mass is 9.74. The van der Waals surface area contributed by atoms with E-state index in [4.69, 9.17) is 14.2 Å². The molecule has 1 aromatic rings. The van der Waals surface area contributed by atoms with Crippen LogP contribution in [-0.2, 0) is 14.9 Å². The fourth-order valence-corrected chi connectivity index (χ4v) is 4.31. The Hall–Kier alpha value is -1.14. The van der Waals surface area contributed by atoms with Crippen LogP contribution in [0.5, 0.6) is 5.75 Å². The maximum absolute atomic E-state index is 5.99. The van der Waals surface area contributed by atoms with E-state index in [0.29, 0.717) is 0 Å². The second kappa shape index (κ2) is 10.4. The first kappa shape index (κ1) is 20.6. The van der Waals surface area contributed by atoms with Crippen molar-refractivity contribution in [2.75, 3.05) is 73.3 Å². The summed E-state index contributed by atoms with van der Waals surface area (Å²) in [6.07, 6.45) is 4.38. The molecular formula is C22H36N2O3. The Balaban J connectivity index is 1.48. The normalized spacial score (nSPS) is 21.1. The molecule has 0 unspecified atom stereocenters. The summed E-state index contributed by atoms with van der Waals surface area (Å²) in [6.45, 7) is 8.60. The Morgan fingerprint density at radius 3 is 2.48 bits per heavy atom. The molecule has 0 bridgehead atoms. The molecule has 0 spiro atoms. The Morgan fingerprint density at radius 1 is 1.00 bits per heavy atom. The van der Waals surface area contributed by atoms with Gasteiger partial charge in [0.05, 0.1) is 13.2 Å². The van der Waals surface area contributed by atoms with Gasteiger partial charge in [0.2, 0.25) is 0 Å². The number of ether oxygens (including phenoxy) is 3. The molecule has 27 heavy (non-hydrogen) atoms. The molecule has 3 rings (SSSR count). The van der Waals surface area contributed by atoms with Gasteiger partial charge >= 0.3 is 0 Å².